The van der Waals surface area contributed by atoms with Crippen molar-refractivity contribution in [1.82, 2.24) is 0 Å². The van der Waals surface area contributed by atoms with Crippen LogP contribution in [0.15, 0.2) is 103 Å². The van der Waals surface area contributed by atoms with Crippen LogP contribution in [0.2, 0.25) is 5.02 Å². The molecule has 4 aromatic rings. The Morgan fingerprint density at radius 2 is 0.920 bits per heavy atom. The van der Waals surface area contributed by atoms with Crippen LogP contribution in [0.5, 0.6) is 0 Å². The van der Waals surface area contributed by atoms with Gasteiger partial charge in [-0.25, -0.2) is 0 Å². The van der Waals surface area contributed by atoms with Crippen LogP contribution >= 0.6 is 11.6 Å². The Bertz CT molecular complexity index is 989. The van der Waals surface area contributed by atoms with Crippen molar-refractivity contribution in [3.8, 4) is 33.4 Å². The molecule has 0 aliphatic heterocycles. The van der Waals surface area contributed by atoms with E-state index in [2.05, 4.69) is 72.8 Å². The van der Waals surface area contributed by atoms with E-state index in [1.807, 2.05) is 30.3 Å². The summed E-state index contributed by atoms with van der Waals surface area (Å²) in [7, 11) is 0. The maximum atomic E-state index is 6.52. The van der Waals surface area contributed by atoms with Crippen LogP contribution in [0.25, 0.3) is 33.4 Å². The summed E-state index contributed by atoms with van der Waals surface area (Å²) in [5.74, 6) is 0. The van der Waals surface area contributed by atoms with E-state index in [0.717, 1.165) is 16.1 Å². The van der Waals surface area contributed by atoms with Crippen molar-refractivity contribution in [3.05, 3.63) is 108 Å². The molecule has 0 heterocycles. The first kappa shape index (κ1) is 15.7. The van der Waals surface area contributed by atoms with E-state index in [9.17, 15) is 0 Å². The molecule has 120 valence electrons. The van der Waals surface area contributed by atoms with Crippen LogP contribution in [0.3, 0.4) is 0 Å². The standard InChI is InChI=1S/C24H17Cl/c25-23-17-8-7-14-21(23)22-16-9-15-20(18-10-3-1-4-11-18)24(22)19-12-5-2-6-13-19/h1-17H. The third-order valence-corrected chi connectivity index (χ3v) is 4.71. The molecule has 1 heteroatoms. The Hall–Kier alpha value is -2.83. The second kappa shape index (κ2) is 6.96. The average molecular weight is 341 g/mol. The van der Waals surface area contributed by atoms with Crippen molar-refractivity contribution in [3.63, 3.8) is 0 Å². The van der Waals surface area contributed by atoms with Crippen LogP contribution in [0, 0.1) is 0 Å². The minimum Gasteiger partial charge on any atom is -0.0837 e. The molecule has 0 N–H and O–H groups in total. The molecule has 0 bridgehead atoms. The summed E-state index contributed by atoms with van der Waals surface area (Å²) >= 11 is 6.52. The molecular formula is C24H17Cl. The van der Waals surface area contributed by atoms with Gasteiger partial charge in [0.15, 0.2) is 0 Å². The lowest BCUT2D eigenvalue weighted by Gasteiger charge is -2.17. The lowest BCUT2D eigenvalue weighted by Crippen LogP contribution is -1.90. The van der Waals surface area contributed by atoms with Crippen LogP contribution in [0.1, 0.15) is 0 Å². The molecule has 0 atom stereocenters. The van der Waals surface area contributed by atoms with Crippen LogP contribution in [-0.2, 0) is 0 Å². The summed E-state index contributed by atoms with van der Waals surface area (Å²) in [5.41, 5.74) is 7.03. The minimum atomic E-state index is 0.768. The van der Waals surface area contributed by atoms with Crippen LogP contribution in [0.4, 0.5) is 0 Å². The molecule has 0 aliphatic rings. The molecule has 0 fully saturated rings. The van der Waals surface area contributed by atoms with Gasteiger partial charge in [-0.15, -0.1) is 0 Å². The molecule has 25 heavy (non-hydrogen) atoms. The molecule has 0 radical (unpaired) electrons. The topological polar surface area (TPSA) is 0 Å². The second-order valence-corrected chi connectivity index (χ2v) is 6.35. The first-order valence-electron chi connectivity index (χ1n) is 8.33. The van der Waals surface area contributed by atoms with E-state index >= 15 is 0 Å². The number of rotatable bonds is 3. The second-order valence-electron chi connectivity index (χ2n) is 5.94. The molecule has 0 aliphatic carbocycles. The number of benzene rings is 4. The van der Waals surface area contributed by atoms with Gasteiger partial charge in [0.1, 0.15) is 0 Å². The van der Waals surface area contributed by atoms with Crippen molar-refractivity contribution in [2.24, 2.45) is 0 Å². The van der Waals surface area contributed by atoms with Crippen molar-refractivity contribution >= 4 is 11.6 Å². The zero-order valence-corrected chi connectivity index (χ0v) is 14.4. The van der Waals surface area contributed by atoms with Gasteiger partial charge >= 0.3 is 0 Å². The van der Waals surface area contributed by atoms with Gasteiger partial charge in [0.05, 0.1) is 0 Å². The Morgan fingerprint density at radius 1 is 0.400 bits per heavy atom. The third-order valence-electron chi connectivity index (χ3n) is 4.38. The summed E-state index contributed by atoms with van der Waals surface area (Å²) in [6, 6.07) is 35.5. The Kier molecular flexibility index (Phi) is 4.37. The van der Waals surface area contributed by atoms with Gasteiger partial charge in [-0.1, -0.05) is 109 Å². The zero-order chi connectivity index (χ0) is 17.1. The first-order valence-corrected chi connectivity index (χ1v) is 8.71. The molecular weight excluding hydrogens is 324 g/mol. The Morgan fingerprint density at radius 3 is 1.60 bits per heavy atom. The van der Waals surface area contributed by atoms with Crippen LogP contribution in [-0.4, -0.2) is 0 Å². The summed E-state index contributed by atoms with van der Waals surface area (Å²) < 4.78 is 0. The molecule has 0 saturated heterocycles. The van der Waals surface area contributed by atoms with Crippen molar-refractivity contribution in [2.45, 2.75) is 0 Å². The largest absolute Gasteiger partial charge is 0.0837 e. The van der Waals surface area contributed by atoms with E-state index in [4.69, 9.17) is 11.6 Å². The number of hydrogen-bond donors (Lipinski definition) is 0. The van der Waals surface area contributed by atoms with E-state index in [0.29, 0.717) is 0 Å². The Labute approximate surface area is 153 Å². The fraction of sp³-hybridized carbons (Fsp3) is 0. The summed E-state index contributed by atoms with van der Waals surface area (Å²) in [5, 5.41) is 0.768. The van der Waals surface area contributed by atoms with Gasteiger partial charge in [0.25, 0.3) is 0 Å². The maximum Gasteiger partial charge on any atom is 0.0484 e. The molecule has 0 nitrogen and oxygen atoms in total. The van der Waals surface area contributed by atoms with Crippen molar-refractivity contribution in [2.75, 3.05) is 0 Å². The van der Waals surface area contributed by atoms with Gasteiger partial charge in [-0.2, -0.15) is 0 Å². The predicted octanol–water partition coefficient (Wildman–Crippen LogP) is 7.34. The average Bonchev–Trinajstić information content (AvgIpc) is 2.69. The van der Waals surface area contributed by atoms with Gasteiger partial charge in [-0.05, 0) is 33.9 Å². The monoisotopic (exact) mass is 340 g/mol. The van der Waals surface area contributed by atoms with E-state index in [-0.39, 0.29) is 0 Å². The SMILES string of the molecule is Clc1ccccc1-c1cccc(-c2ccccc2)c1-c1ccccc1. The normalized spacial score (nSPS) is 10.6. The quantitative estimate of drug-likeness (QED) is 0.366. The minimum absolute atomic E-state index is 0.768. The molecule has 0 aromatic heterocycles. The molecule has 4 rings (SSSR count). The highest BCUT2D eigenvalue weighted by Gasteiger charge is 2.15. The number of hydrogen-bond acceptors (Lipinski definition) is 0. The van der Waals surface area contributed by atoms with Gasteiger partial charge < -0.3 is 0 Å². The molecule has 0 amide bonds. The van der Waals surface area contributed by atoms with E-state index < -0.39 is 0 Å². The number of halogens is 1. The fourth-order valence-corrected chi connectivity index (χ4v) is 3.47. The van der Waals surface area contributed by atoms with Gasteiger partial charge in [-0.3, -0.25) is 0 Å². The first-order chi connectivity index (χ1) is 12.3. The summed E-state index contributed by atoms with van der Waals surface area (Å²) in [6.07, 6.45) is 0. The zero-order valence-electron chi connectivity index (χ0n) is 13.7. The van der Waals surface area contributed by atoms with Crippen molar-refractivity contribution < 1.29 is 0 Å². The molecule has 0 saturated carbocycles. The third kappa shape index (κ3) is 3.09. The smallest absolute Gasteiger partial charge is 0.0484 e. The van der Waals surface area contributed by atoms with Gasteiger partial charge in [0.2, 0.25) is 0 Å². The Balaban J connectivity index is 2.05. The fourth-order valence-electron chi connectivity index (χ4n) is 3.23. The van der Waals surface area contributed by atoms with E-state index in [1.165, 1.54) is 22.3 Å². The maximum absolute atomic E-state index is 6.52. The predicted molar refractivity (Wildman–Crippen MR) is 108 cm³/mol. The summed E-state index contributed by atoms with van der Waals surface area (Å²) in [4.78, 5) is 0. The van der Waals surface area contributed by atoms with Gasteiger partial charge in [0, 0.05) is 10.6 Å². The highest BCUT2D eigenvalue weighted by atomic mass is 35.5. The molecule has 0 unspecified atom stereocenters. The van der Waals surface area contributed by atoms with Crippen LogP contribution < -0.4 is 0 Å². The lowest BCUT2D eigenvalue weighted by atomic mass is 9.88. The van der Waals surface area contributed by atoms with E-state index in [1.54, 1.807) is 0 Å². The highest BCUT2D eigenvalue weighted by Crippen LogP contribution is 2.41. The lowest BCUT2D eigenvalue weighted by molar-refractivity contribution is 1.56. The summed E-state index contributed by atoms with van der Waals surface area (Å²) in [6.45, 7) is 0. The molecule has 4 aromatic carbocycles. The highest BCUT2D eigenvalue weighted by molar-refractivity contribution is 6.33. The van der Waals surface area contributed by atoms with Crippen molar-refractivity contribution in [1.29, 1.82) is 0 Å². The molecule has 0 spiro atoms.